The molecule has 0 saturated carbocycles. The summed E-state index contributed by atoms with van der Waals surface area (Å²) in [5.41, 5.74) is 5.84. The fourth-order valence-electron chi connectivity index (χ4n) is 1.70. The predicted octanol–water partition coefficient (Wildman–Crippen LogP) is 1.90. The molecule has 0 aliphatic carbocycles. The molecule has 0 aromatic heterocycles. The van der Waals surface area contributed by atoms with Crippen molar-refractivity contribution in [2.45, 2.75) is 39.2 Å². The lowest BCUT2D eigenvalue weighted by molar-refractivity contribution is -0.122. The Balaban J connectivity index is 2.28. The van der Waals surface area contributed by atoms with Crippen LogP contribution in [-0.4, -0.2) is 30.4 Å². The normalized spacial score (nSPS) is 11.0. The molecule has 0 atom stereocenters. The third-order valence-electron chi connectivity index (χ3n) is 3.07. The number of rotatable bonds is 8. The fourth-order valence-corrected chi connectivity index (χ4v) is 1.70. The Bertz CT molecular complexity index is 481. The molecule has 1 rings (SSSR count). The Morgan fingerprint density at radius 1 is 1.24 bits per heavy atom. The molecule has 0 saturated heterocycles. The zero-order valence-electron chi connectivity index (χ0n) is 12.9. The van der Waals surface area contributed by atoms with Crippen molar-refractivity contribution in [3.63, 3.8) is 0 Å². The third-order valence-corrected chi connectivity index (χ3v) is 3.07. The molecule has 21 heavy (non-hydrogen) atoms. The van der Waals surface area contributed by atoms with Crippen molar-refractivity contribution in [3.05, 3.63) is 29.8 Å². The number of benzene rings is 1. The van der Waals surface area contributed by atoms with Crippen LogP contribution in [0.25, 0.3) is 0 Å². The molecule has 0 bridgehead atoms. The van der Waals surface area contributed by atoms with Gasteiger partial charge in [0, 0.05) is 24.1 Å². The van der Waals surface area contributed by atoms with Crippen LogP contribution in [0.4, 0.5) is 0 Å². The SMILES string of the molecule is CC(=O)c1ccc(OCCCC(=O)NC(C)(C)CN)cc1. The van der Waals surface area contributed by atoms with Gasteiger partial charge in [-0.05, 0) is 51.5 Å². The zero-order valence-corrected chi connectivity index (χ0v) is 12.9. The third kappa shape index (κ3) is 6.40. The Kier molecular flexibility index (Phi) is 6.37. The number of hydrogen-bond donors (Lipinski definition) is 2. The maximum atomic E-state index is 11.7. The largest absolute Gasteiger partial charge is 0.494 e. The van der Waals surface area contributed by atoms with Crippen molar-refractivity contribution >= 4 is 11.7 Å². The first-order chi connectivity index (χ1) is 9.84. The van der Waals surface area contributed by atoms with Crippen LogP contribution in [0.1, 0.15) is 44.0 Å². The van der Waals surface area contributed by atoms with E-state index in [1.165, 1.54) is 6.92 Å². The van der Waals surface area contributed by atoms with Gasteiger partial charge >= 0.3 is 0 Å². The molecule has 3 N–H and O–H groups in total. The first-order valence-electron chi connectivity index (χ1n) is 7.09. The second-order valence-corrected chi connectivity index (χ2v) is 5.67. The van der Waals surface area contributed by atoms with Crippen LogP contribution in [0.3, 0.4) is 0 Å². The average molecular weight is 292 g/mol. The van der Waals surface area contributed by atoms with Crippen LogP contribution in [0.15, 0.2) is 24.3 Å². The minimum Gasteiger partial charge on any atom is -0.494 e. The molecule has 5 nitrogen and oxygen atoms in total. The van der Waals surface area contributed by atoms with Gasteiger partial charge in [-0.25, -0.2) is 0 Å². The summed E-state index contributed by atoms with van der Waals surface area (Å²) in [6.45, 7) is 6.15. The lowest BCUT2D eigenvalue weighted by Crippen LogP contribution is -2.48. The van der Waals surface area contributed by atoms with Crippen LogP contribution in [-0.2, 0) is 4.79 Å². The van der Waals surface area contributed by atoms with E-state index in [-0.39, 0.29) is 17.2 Å². The number of nitrogens with one attached hydrogen (secondary N) is 1. The summed E-state index contributed by atoms with van der Waals surface area (Å²) in [6, 6.07) is 6.98. The molecular weight excluding hydrogens is 268 g/mol. The zero-order chi connectivity index (χ0) is 15.9. The Morgan fingerprint density at radius 3 is 2.38 bits per heavy atom. The Labute approximate surface area is 125 Å². The monoisotopic (exact) mass is 292 g/mol. The van der Waals surface area contributed by atoms with Gasteiger partial charge in [-0.3, -0.25) is 9.59 Å². The van der Waals surface area contributed by atoms with Crippen LogP contribution >= 0.6 is 0 Å². The summed E-state index contributed by atoms with van der Waals surface area (Å²) >= 11 is 0. The van der Waals surface area contributed by atoms with E-state index in [4.69, 9.17) is 10.5 Å². The molecule has 0 aliphatic heterocycles. The first-order valence-corrected chi connectivity index (χ1v) is 7.09. The molecule has 5 heteroatoms. The molecule has 0 fully saturated rings. The number of ketones is 1. The summed E-state index contributed by atoms with van der Waals surface area (Å²) in [5.74, 6) is 0.699. The number of carbonyl (C=O) groups excluding carboxylic acids is 2. The van der Waals surface area contributed by atoms with Gasteiger partial charge in [0.15, 0.2) is 5.78 Å². The number of amides is 1. The second-order valence-electron chi connectivity index (χ2n) is 5.67. The van der Waals surface area contributed by atoms with Crippen LogP contribution < -0.4 is 15.8 Å². The maximum absolute atomic E-state index is 11.7. The maximum Gasteiger partial charge on any atom is 0.220 e. The quantitative estimate of drug-likeness (QED) is 0.566. The van der Waals surface area contributed by atoms with E-state index < -0.39 is 0 Å². The molecule has 0 aliphatic rings. The van der Waals surface area contributed by atoms with Gasteiger partial charge in [-0.15, -0.1) is 0 Å². The molecular formula is C16H24N2O3. The molecule has 116 valence electrons. The van der Waals surface area contributed by atoms with Crippen LogP contribution in [0, 0.1) is 0 Å². The fraction of sp³-hybridized carbons (Fsp3) is 0.500. The Morgan fingerprint density at radius 2 is 1.86 bits per heavy atom. The molecule has 0 unspecified atom stereocenters. The lowest BCUT2D eigenvalue weighted by Gasteiger charge is -2.24. The van der Waals surface area contributed by atoms with Gasteiger partial charge in [-0.1, -0.05) is 0 Å². The van der Waals surface area contributed by atoms with Gasteiger partial charge in [0.1, 0.15) is 5.75 Å². The number of nitrogens with two attached hydrogens (primary N) is 1. The number of ether oxygens (including phenoxy) is 1. The minimum atomic E-state index is -0.375. The summed E-state index contributed by atoms with van der Waals surface area (Å²) < 4.78 is 5.53. The molecule has 0 heterocycles. The van der Waals surface area contributed by atoms with E-state index >= 15 is 0 Å². The molecule has 0 spiro atoms. The van der Waals surface area contributed by atoms with E-state index in [0.29, 0.717) is 37.3 Å². The lowest BCUT2D eigenvalue weighted by atomic mass is 10.1. The highest BCUT2D eigenvalue weighted by Gasteiger charge is 2.17. The van der Waals surface area contributed by atoms with E-state index in [1.54, 1.807) is 24.3 Å². The van der Waals surface area contributed by atoms with Crippen LogP contribution in [0.2, 0.25) is 0 Å². The highest BCUT2D eigenvalue weighted by Crippen LogP contribution is 2.13. The van der Waals surface area contributed by atoms with Crippen LogP contribution in [0.5, 0.6) is 5.75 Å². The molecule has 0 radical (unpaired) electrons. The minimum absolute atomic E-state index is 0.0269. The van der Waals surface area contributed by atoms with Crippen molar-refractivity contribution in [1.82, 2.24) is 5.32 Å². The average Bonchev–Trinajstić information content (AvgIpc) is 2.43. The van der Waals surface area contributed by atoms with Crippen molar-refractivity contribution in [2.24, 2.45) is 5.73 Å². The molecule has 1 aromatic carbocycles. The number of Topliss-reactive ketones (excluding diaryl/α,β-unsaturated/α-hetero) is 1. The van der Waals surface area contributed by atoms with Gasteiger partial charge in [-0.2, -0.15) is 0 Å². The highest BCUT2D eigenvalue weighted by molar-refractivity contribution is 5.94. The molecule has 1 amide bonds. The summed E-state index contributed by atoms with van der Waals surface area (Å²) in [6.07, 6.45) is 1.02. The van der Waals surface area contributed by atoms with E-state index in [0.717, 1.165) is 0 Å². The van der Waals surface area contributed by atoms with E-state index in [9.17, 15) is 9.59 Å². The van der Waals surface area contributed by atoms with E-state index in [2.05, 4.69) is 5.32 Å². The van der Waals surface area contributed by atoms with Gasteiger partial charge in [0.05, 0.1) is 6.61 Å². The Hall–Kier alpha value is -1.88. The topological polar surface area (TPSA) is 81.4 Å². The first kappa shape index (κ1) is 17.2. The van der Waals surface area contributed by atoms with E-state index in [1.807, 2.05) is 13.8 Å². The molecule has 1 aromatic rings. The van der Waals surface area contributed by atoms with Crippen molar-refractivity contribution in [1.29, 1.82) is 0 Å². The van der Waals surface area contributed by atoms with Crippen molar-refractivity contribution < 1.29 is 14.3 Å². The number of hydrogen-bond acceptors (Lipinski definition) is 4. The highest BCUT2D eigenvalue weighted by atomic mass is 16.5. The second kappa shape index (κ2) is 7.78. The van der Waals surface area contributed by atoms with Crippen molar-refractivity contribution in [3.8, 4) is 5.75 Å². The van der Waals surface area contributed by atoms with Gasteiger partial charge in [0.2, 0.25) is 5.91 Å². The summed E-state index contributed by atoms with van der Waals surface area (Å²) in [7, 11) is 0. The standard InChI is InChI=1S/C16H24N2O3/c1-12(19)13-6-8-14(9-7-13)21-10-4-5-15(20)18-16(2,3)11-17/h6-9H,4-5,10-11,17H2,1-3H3,(H,18,20). The summed E-state index contributed by atoms with van der Waals surface area (Å²) in [4.78, 5) is 22.8. The number of carbonyl (C=O) groups is 2. The summed E-state index contributed by atoms with van der Waals surface area (Å²) in [5, 5.41) is 2.87. The smallest absolute Gasteiger partial charge is 0.220 e. The van der Waals surface area contributed by atoms with Gasteiger partial charge < -0.3 is 15.8 Å². The van der Waals surface area contributed by atoms with Crippen molar-refractivity contribution in [2.75, 3.05) is 13.2 Å². The van der Waals surface area contributed by atoms with Gasteiger partial charge in [0.25, 0.3) is 0 Å². The predicted molar refractivity (Wildman–Crippen MR) is 82.5 cm³/mol.